The third-order valence-electron chi connectivity index (χ3n) is 9.04. The number of ketones is 1. The van der Waals surface area contributed by atoms with E-state index in [0.717, 1.165) is 57.8 Å². The summed E-state index contributed by atoms with van der Waals surface area (Å²) >= 11 is 0. The van der Waals surface area contributed by atoms with Crippen LogP contribution in [-0.4, -0.2) is 5.78 Å². The monoisotopic (exact) mass is 538 g/mol. The van der Waals surface area contributed by atoms with E-state index < -0.39 is 0 Å². The van der Waals surface area contributed by atoms with Crippen LogP contribution in [0.15, 0.2) is 91.5 Å². The van der Waals surface area contributed by atoms with Crippen LogP contribution >= 0.6 is 0 Å². The summed E-state index contributed by atoms with van der Waals surface area (Å²) in [5.41, 5.74) is 5.14. The van der Waals surface area contributed by atoms with Crippen molar-refractivity contribution in [2.45, 2.75) is 89.9 Å². The normalized spacial score (nSPS) is 18.9. The number of carbonyl (C=O) groups excluding carboxylic acids is 1. The van der Waals surface area contributed by atoms with E-state index in [1.807, 2.05) is 18.2 Å². The first-order valence-electron chi connectivity index (χ1n) is 15.6. The van der Waals surface area contributed by atoms with Gasteiger partial charge in [-0.2, -0.15) is 0 Å². The third kappa shape index (κ3) is 9.01. The molecule has 1 nitrogen and oxygen atoms in total. The molecule has 3 unspecified atom stereocenters. The molecule has 212 valence electrons. The molecule has 40 heavy (non-hydrogen) atoms. The van der Waals surface area contributed by atoms with E-state index in [1.165, 1.54) is 41.5 Å². The van der Waals surface area contributed by atoms with Crippen molar-refractivity contribution < 1.29 is 9.18 Å². The van der Waals surface area contributed by atoms with Crippen LogP contribution in [0.3, 0.4) is 0 Å². The molecule has 3 aromatic carbocycles. The zero-order valence-corrected chi connectivity index (χ0v) is 24.4. The zero-order valence-electron chi connectivity index (χ0n) is 24.4. The average molecular weight is 539 g/mol. The molecule has 0 saturated heterocycles. The number of rotatable bonds is 14. The molecule has 0 aliphatic heterocycles. The van der Waals surface area contributed by atoms with Crippen molar-refractivity contribution in [2.24, 2.45) is 17.8 Å². The first-order valence-corrected chi connectivity index (χ1v) is 15.6. The van der Waals surface area contributed by atoms with Gasteiger partial charge in [0.05, 0.1) is 0 Å². The Morgan fingerprint density at radius 2 is 1.52 bits per heavy atom. The van der Waals surface area contributed by atoms with E-state index in [9.17, 15) is 9.18 Å². The third-order valence-corrected chi connectivity index (χ3v) is 9.04. The van der Waals surface area contributed by atoms with Gasteiger partial charge in [0.15, 0.2) is 0 Å². The van der Waals surface area contributed by atoms with Gasteiger partial charge in [-0.05, 0) is 86.6 Å². The molecular weight excluding hydrogens is 491 g/mol. The minimum absolute atomic E-state index is 0.00445. The molecule has 0 amide bonds. The van der Waals surface area contributed by atoms with Gasteiger partial charge in [0.25, 0.3) is 0 Å². The highest BCUT2D eigenvalue weighted by Crippen LogP contribution is 2.38. The van der Waals surface area contributed by atoms with E-state index in [2.05, 4.69) is 68.1 Å². The lowest BCUT2D eigenvalue weighted by atomic mass is 9.80. The van der Waals surface area contributed by atoms with Gasteiger partial charge in [0, 0.05) is 17.8 Å². The van der Waals surface area contributed by atoms with Crippen LogP contribution in [-0.2, 0) is 11.2 Å². The van der Waals surface area contributed by atoms with Crippen molar-refractivity contribution in [3.63, 3.8) is 0 Å². The molecule has 0 spiro atoms. The Balaban J connectivity index is 1.27. The fraction of sp³-hybridized carbons (Fsp3) is 0.447. The van der Waals surface area contributed by atoms with Crippen LogP contribution in [0.25, 0.3) is 0 Å². The van der Waals surface area contributed by atoms with Crippen LogP contribution < -0.4 is 0 Å². The topological polar surface area (TPSA) is 17.1 Å². The minimum Gasteiger partial charge on any atom is -0.299 e. The largest absolute Gasteiger partial charge is 0.299 e. The van der Waals surface area contributed by atoms with Crippen molar-refractivity contribution in [1.82, 2.24) is 0 Å². The fourth-order valence-corrected chi connectivity index (χ4v) is 6.56. The van der Waals surface area contributed by atoms with Gasteiger partial charge in [0.1, 0.15) is 11.6 Å². The summed E-state index contributed by atoms with van der Waals surface area (Å²) in [5.74, 6) is 1.21. The van der Waals surface area contributed by atoms with E-state index in [4.69, 9.17) is 0 Å². The first kappa shape index (κ1) is 30.0. The molecule has 0 radical (unpaired) electrons. The Morgan fingerprint density at radius 1 is 0.850 bits per heavy atom. The fourth-order valence-electron chi connectivity index (χ4n) is 6.56. The predicted octanol–water partition coefficient (Wildman–Crippen LogP) is 10.4. The summed E-state index contributed by atoms with van der Waals surface area (Å²) in [6.45, 7) is 6.15. The van der Waals surface area contributed by atoms with E-state index >= 15 is 0 Å². The molecule has 0 N–H and O–H groups in total. The number of carbonyl (C=O) groups is 1. The average Bonchev–Trinajstić information content (AvgIpc) is 3.22. The van der Waals surface area contributed by atoms with Crippen LogP contribution in [0, 0.1) is 30.5 Å². The molecular formula is C38H47FO. The van der Waals surface area contributed by atoms with Crippen molar-refractivity contribution in [3.8, 4) is 0 Å². The highest BCUT2D eigenvalue weighted by atomic mass is 19.1. The number of Topliss-reactive ketones (excluding diaryl/α,β-unsaturated/α-hetero) is 1. The highest BCUT2D eigenvalue weighted by Gasteiger charge is 2.29. The molecule has 3 aromatic rings. The van der Waals surface area contributed by atoms with E-state index in [1.54, 1.807) is 12.1 Å². The van der Waals surface area contributed by atoms with Gasteiger partial charge in [-0.25, -0.2) is 4.39 Å². The van der Waals surface area contributed by atoms with Gasteiger partial charge in [0.2, 0.25) is 0 Å². The second-order valence-corrected chi connectivity index (χ2v) is 12.0. The standard InChI is InChI=1S/C38H47FO/c1-3-32(16-10-5-4-7-12-30-13-8-6-9-14-30)38(40)35-17-11-15-31(20-23-35)28-37(33-21-18-29(2)19-22-33)34-24-26-36(39)27-25-34/h3,6,8-9,13-14,18-19,21-22,24-27,31-32,35,37H,1,4-5,7,10-12,15-17,20,23,28H2,2H3/t31?,32-,35?,37?/m0/s1. The smallest absolute Gasteiger partial charge is 0.142 e. The van der Waals surface area contributed by atoms with Gasteiger partial charge in [-0.1, -0.05) is 110 Å². The quantitative estimate of drug-likeness (QED) is 0.113. The molecule has 4 atom stereocenters. The predicted molar refractivity (Wildman–Crippen MR) is 166 cm³/mol. The lowest BCUT2D eigenvalue weighted by molar-refractivity contribution is -0.126. The summed E-state index contributed by atoms with van der Waals surface area (Å²) in [6.07, 6.45) is 15.1. The van der Waals surface area contributed by atoms with E-state index in [0.29, 0.717) is 11.7 Å². The molecule has 0 aromatic heterocycles. The second-order valence-electron chi connectivity index (χ2n) is 12.0. The maximum atomic E-state index is 13.7. The van der Waals surface area contributed by atoms with Crippen LogP contribution in [0.2, 0.25) is 0 Å². The highest BCUT2D eigenvalue weighted by molar-refractivity contribution is 5.84. The molecule has 0 heterocycles. The number of halogens is 1. The SMILES string of the molecule is C=C[C@@H](CCCCCCc1ccccc1)C(=O)C1CCCC(CC(c2ccc(C)cc2)c2ccc(F)cc2)CC1. The molecule has 4 rings (SSSR count). The molecule has 1 aliphatic rings. The first-order chi connectivity index (χ1) is 19.5. The summed E-state index contributed by atoms with van der Waals surface area (Å²) < 4.78 is 13.7. The number of allylic oxidation sites excluding steroid dienone is 1. The summed E-state index contributed by atoms with van der Waals surface area (Å²) in [4.78, 5) is 13.5. The minimum atomic E-state index is -0.189. The van der Waals surface area contributed by atoms with Gasteiger partial charge in [-0.15, -0.1) is 6.58 Å². The molecule has 2 heteroatoms. The Hall–Kier alpha value is -3.00. The van der Waals surface area contributed by atoms with Crippen molar-refractivity contribution in [1.29, 1.82) is 0 Å². The Kier molecular flexibility index (Phi) is 11.8. The Labute approximate surface area is 241 Å². The molecule has 1 aliphatic carbocycles. The lowest BCUT2D eigenvalue weighted by Gasteiger charge is -2.24. The number of benzene rings is 3. The zero-order chi connectivity index (χ0) is 28.2. The Bertz CT molecular complexity index is 1120. The van der Waals surface area contributed by atoms with Gasteiger partial charge >= 0.3 is 0 Å². The van der Waals surface area contributed by atoms with Gasteiger partial charge < -0.3 is 0 Å². The van der Waals surface area contributed by atoms with Crippen molar-refractivity contribution in [2.75, 3.05) is 0 Å². The van der Waals surface area contributed by atoms with Crippen LogP contribution in [0.4, 0.5) is 4.39 Å². The van der Waals surface area contributed by atoms with Crippen LogP contribution in [0.5, 0.6) is 0 Å². The molecule has 1 saturated carbocycles. The van der Waals surface area contributed by atoms with Crippen LogP contribution in [0.1, 0.15) is 98.8 Å². The van der Waals surface area contributed by atoms with E-state index in [-0.39, 0.29) is 23.6 Å². The molecule has 0 bridgehead atoms. The summed E-state index contributed by atoms with van der Waals surface area (Å²) in [7, 11) is 0. The lowest BCUT2D eigenvalue weighted by Crippen LogP contribution is -2.22. The number of aryl methyl sites for hydroxylation is 2. The Morgan fingerprint density at radius 3 is 2.23 bits per heavy atom. The summed E-state index contributed by atoms with van der Waals surface area (Å²) in [6, 6.07) is 26.5. The number of hydrogen-bond acceptors (Lipinski definition) is 1. The van der Waals surface area contributed by atoms with Crippen molar-refractivity contribution >= 4 is 5.78 Å². The summed E-state index contributed by atoms with van der Waals surface area (Å²) in [5, 5.41) is 0. The van der Waals surface area contributed by atoms with Gasteiger partial charge in [-0.3, -0.25) is 4.79 Å². The van der Waals surface area contributed by atoms with Crippen molar-refractivity contribution in [3.05, 3.63) is 120 Å². The maximum absolute atomic E-state index is 13.7. The number of unbranched alkanes of at least 4 members (excludes halogenated alkanes) is 3. The maximum Gasteiger partial charge on any atom is 0.142 e. The second kappa shape index (κ2) is 15.7. The number of hydrogen-bond donors (Lipinski definition) is 0. The molecule has 1 fully saturated rings.